The molecule has 0 radical (unpaired) electrons. The molecule has 0 aliphatic heterocycles. The van der Waals surface area contributed by atoms with Crippen molar-refractivity contribution < 1.29 is 8.78 Å². The second-order valence-corrected chi connectivity index (χ2v) is 2.81. The zero-order valence-electron chi connectivity index (χ0n) is 6.40. The van der Waals surface area contributed by atoms with Gasteiger partial charge in [0.2, 0.25) is 0 Å². The maximum Gasteiger partial charge on any atom is 0.270 e. The van der Waals surface area contributed by atoms with Gasteiger partial charge in [0.15, 0.2) is 0 Å². The highest BCUT2D eigenvalue weighted by molar-refractivity contribution is 5.31. The number of hydrogen-bond acceptors (Lipinski definition) is 1. The molecule has 0 aromatic carbocycles. The SMILES string of the molecule is CC(F)(F)C1=CCCC(N)=C1. The van der Waals surface area contributed by atoms with Gasteiger partial charge in [0.1, 0.15) is 0 Å². The summed E-state index contributed by atoms with van der Waals surface area (Å²) in [5.74, 6) is -2.74. The molecular weight excluding hydrogens is 148 g/mol. The molecule has 62 valence electrons. The molecule has 1 aliphatic rings. The molecule has 3 heteroatoms. The Labute approximate surface area is 64.6 Å². The molecule has 0 heterocycles. The van der Waals surface area contributed by atoms with Crippen LogP contribution in [0.2, 0.25) is 0 Å². The van der Waals surface area contributed by atoms with Crippen LogP contribution in [0.5, 0.6) is 0 Å². The molecule has 0 unspecified atom stereocenters. The van der Waals surface area contributed by atoms with Crippen molar-refractivity contribution in [2.24, 2.45) is 5.73 Å². The number of hydrogen-bond donors (Lipinski definition) is 1. The fourth-order valence-electron chi connectivity index (χ4n) is 1.03. The molecule has 0 amide bonds. The van der Waals surface area contributed by atoms with Crippen molar-refractivity contribution in [1.82, 2.24) is 0 Å². The van der Waals surface area contributed by atoms with E-state index in [1.165, 1.54) is 12.2 Å². The Kier molecular flexibility index (Phi) is 1.98. The summed E-state index contributed by atoms with van der Waals surface area (Å²) in [5.41, 5.74) is 6.00. The van der Waals surface area contributed by atoms with Crippen LogP contribution in [-0.2, 0) is 0 Å². The molecule has 0 saturated carbocycles. The van der Waals surface area contributed by atoms with Crippen LogP contribution in [0.25, 0.3) is 0 Å². The molecule has 0 fully saturated rings. The quantitative estimate of drug-likeness (QED) is 0.623. The highest BCUT2D eigenvalue weighted by atomic mass is 19.3. The Morgan fingerprint density at radius 2 is 2.18 bits per heavy atom. The maximum absolute atomic E-state index is 12.6. The van der Waals surface area contributed by atoms with E-state index in [0.29, 0.717) is 18.5 Å². The molecule has 1 nitrogen and oxygen atoms in total. The lowest BCUT2D eigenvalue weighted by molar-refractivity contribution is 0.0667. The summed E-state index contributed by atoms with van der Waals surface area (Å²) in [6.45, 7) is 0.883. The van der Waals surface area contributed by atoms with Crippen LogP contribution in [0, 0.1) is 0 Å². The summed E-state index contributed by atoms with van der Waals surface area (Å²) in [4.78, 5) is 0. The summed E-state index contributed by atoms with van der Waals surface area (Å²) >= 11 is 0. The summed E-state index contributed by atoms with van der Waals surface area (Å²) in [7, 11) is 0. The normalized spacial score (nSPS) is 19.2. The monoisotopic (exact) mass is 159 g/mol. The van der Waals surface area contributed by atoms with E-state index >= 15 is 0 Å². The Bertz CT molecular complexity index is 211. The van der Waals surface area contributed by atoms with Crippen LogP contribution in [0.1, 0.15) is 19.8 Å². The molecule has 0 bridgehead atoms. The highest BCUT2D eigenvalue weighted by Crippen LogP contribution is 2.28. The topological polar surface area (TPSA) is 26.0 Å². The van der Waals surface area contributed by atoms with Gasteiger partial charge in [-0.3, -0.25) is 0 Å². The third-order valence-corrected chi connectivity index (χ3v) is 1.65. The van der Waals surface area contributed by atoms with Crippen LogP contribution in [0.3, 0.4) is 0 Å². The number of nitrogens with two attached hydrogens (primary N) is 1. The van der Waals surface area contributed by atoms with Crippen molar-refractivity contribution in [2.45, 2.75) is 25.7 Å². The van der Waals surface area contributed by atoms with Gasteiger partial charge in [-0.15, -0.1) is 0 Å². The zero-order valence-corrected chi connectivity index (χ0v) is 6.40. The average molecular weight is 159 g/mol. The second kappa shape index (κ2) is 2.64. The van der Waals surface area contributed by atoms with E-state index in [1.807, 2.05) is 0 Å². The lowest BCUT2D eigenvalue weighted by Crippen LogP contribution is -2.15. The number of alkyl halides is 2. The average Bonchev–Trinajstić information content (AvgIpc) is 1.86. The van der Waals surface area contributed by atoms with Gasteiger partial charge in [-0.05, 0) is 18.9 Å². The summed E-state index contributed by atoms with van der Waals surface area (Å²) < 4.78 is 25.2. The van der Waals surface area contributed by atoms with Crippen molar-refractivity contribution >= 4 is 0 Å². The maximum atomic E-state index is 12.6. The van der Waals surface area contributed by atoms with Crippen molar-refractivity contribution in [3.8, 4) is 0 Å². The predicted molar refractivity (Wildman–Crippen MR) is 40.2 cm³/mol. The summed E-state index contributed by atoms with van der Waals surface area (Å²) in [5, 5.41) is 0. The van der Waals surface area contributed by atoms with Crippen LogP contribution in [0.4, 0.5) is 8.78 Å². The minimum atomic E-state index is -2.74. The fraction of sp³-hybridized carbons (Fsp3) is 0.500. The molecule has 0 spiro atoms. The number of rotatable bonds is 1. The first-order chi connectivity index (χ1) is 5.00. The third kappa shape index (κ3) is 2.03. The molecule has 0 atom stereocenters. The van der Waals surface area contributed by atoms with Crippen LogP contribution < -0.4 is 5.73 Å². The summed E-state index contributed by atoms with van der Waals surface area (Å²) in [6, 6.07) is 0. The standard InChI is InChI=1S/C8H11F2N/c1-8(9,10)6-3-2-4-7(11)5-6/h3,5H,2,4,11H2,1H3. The van der Waals surface area contributed by atoms with Gasteiger partial charge in [-0.25, -0.2) is 8.78 Å². The first kappa shape index (κ1) is 8.24. The van der Waals surface area contributed by atoms with Gasteiger partial charge >= 0.3 is 0 Å². The van der Waals surface area contributed by atoms with Gasteiger partial charge < -0.3 is 5.73 Å². The minimum absolute atomic E-state index is 0.0428. The molecule has 1 aliphatic carbocycles. The predicted octanol–water partition coefficient (Wildman–Crippen LogP) is 2.20. The largest absolute Gasteiger partial charge is 0.402 e. The van der Waals surface area contributed by atoms with Gasteiger partial charge in [-0.2, -0.15) is 0 Å². The first-order valence-corrected chi connectivity index (χ1v) is 3.54. The fourth-order valence-corrected chi connectivity index (χ4v) is 1.03. The van der Waals surface area contributed by atoms with Gasteiger partial charge in [0.25, 0.3) is 5.92 Å². The van der Waals surface area contributed by atoms with Crippen LogP contribution in [-0.4, -0.2) is 5.92 Å². The van der Waals surface area contributed by atoms with E-state index in [4.69, 9.17) is 5.73 Å². The lowest BCUT2D eigenvalue weighted by Gasteiger charge is -2.16. The van der Waals surface area contributed by atoms with E-state index < -0.39 is 5.92 Å². The zero-order chi connectivity index (χ0) is 8.48. The molecule has 0 saturated heterocycles. The second-order valence-electron chi connectivity index (χ2n) is 2.81. The van der Waals surface area contributed by atoms with Crippen molar-refractivity contribution in [2.75, 3.05) is 0 Å². The molecule has 11 heavy (non-hydrogen) atoms. The van der Waals surface area contributed by atoms with E-state index in [0.717, 1.165) is 6.92 Å². The highest BCUT2D eigenvalue weighted by Gasteiger charge is 2.26. The van der Waals surface area contributed by atoms with Crippen LogP contribution in [0.15, 0.2) is 23.4 Å². The van der Waals surface area contributed by atoms with Crippen molar-refractivity contribution in [3.05, 3.63) is 23.4 Å². The molecule has 0 aromatic rings. The lowest BCUT2D eigenvalue weighted by atomic mass is 10.0. The van der Waals surface area contributed by atoms with Gasteiger partial charge in [0.05, 0.1) is 0 Å². The number of halogens is 2. The molecule has 2 N–H and O–H groups in total. The van der Waals surface area contributed by atoms with E-state index in [9.17, 15) is 8.78 Å². The van der Waals surface area contributed by atoms with E-state index in [2.05, 4.69) is 0 Å². The van der Waals surface area contributed by atoms with E-state index in [1.54, 1.807) is 0 Å². The van der Waals surface area contributed by atoms with Crippen molar-refractivity contribution in [3.63, 3.8) is 0 Å². The third-order valence-electron chi connectivity index (χ3n) is 1.65. The van der Waals surface area contributed by atoms with Gasteiger partial charge in [0, 0.05) is 18.2 Å². The Morgan fingerprint density at radius 1 is 1.55 bits per heavy atom. The summed E-state index contributed by atoms with van der Waals surface area (Å²) in [6.07, 6.45) is 4.22. The molecule has 1 rings (SSSR count). The van der Waals surface area contributed by atoms with Crippen molar-refractivity contribution in [1.29, 1.82) is 0 Å². The molecule has 0 aromatic heterocycles. The first-order valence-electron chi connectivity index (χ1n) is 3.54. The number of allylic oxidation sites excluding steroid dienone is 4. The Balaban J connectivity index is 2.82. The smallest absolute Gasteiger partial charge is 0.270 e. The molecular formula is C8H11F2N. The Hall–Kier alpha value is -0.860. The Morgan fingerprint density at radius 3 is 2.55 bits per heavy atom. The minimum Gasteiger partial charge on any atom is -0.402 e. The van der Waals surface area contributed by atoms with Gasteiger partial charge in [-0.1, -0.05) is 6.08 Å². The van der Waals surface area contributed by atoms with Crippen LogP contribution >= 0.6 is 0 Å². The van der Waals surface area contributed by atoms with E-state index in [-0.39, 0.29) is 5.57 Å².